The summed E-state index contributed by atoms with van der Waals surface area (Å²) in [7, 11) is -3.20. The molecule has 0 aromatic carbocycles. The van der Waals surface area contributed by atoms with Crippen LogP contribution in [0.5, 0.6) is 0 Å². The smallest absolute Gasteiger partial charge is 0.215 e. The first-order chi connectivity index (χ1) is 9.41. The molecule has 0 rings (SSSR count). The highest BCUT2D eigenvalue weighted by Crippen LogP contribution is 2.00. The van der Waals surface area contributed by atoms with Crippen molar-refractivity contribution in [3.63, 3.8) is 0 Å². The van der Waals surface area contributed by atoms with Crippen LogP contribution in [0.15, 0.2) is 4.99 Å². The van der Waals surface area contributed by atoms with Crippen LogP contribution in [-0.4, -0.2) is 56.7 Å². The van der Waals surface area contributed by atoms with Crippen LogP contribution in [0.25, 0.3) is 0 Å². The van der Waals surface area contributed by atoms with E-state index in [4.69, 9.17) is 0 Å². The number of rotatable bonds is 9. The van der Waals surface area contributed by atoms with Gasteiger partial charge in [-0.15, -0.1) is 0 Å². The molecule has 0 saturated carbocycles. The van der Waals surface area contributed by atoms with Crippen molar-refractivity contribution in [2.75, 3.05) is 31.9 Å². The molecule has 2 N–H and O–H groups in total. The maximum atomic E-state index is 12.0. The van der Waals surface area contributed by atoms with E-state index in [2.05, 4.69) is 29.5 Å². The van der Waals surface area contributed by atoms with Gasteiger partial charge in [0.1, 0.15) is 0 Å². The number of hydrogen-bond donors (Lipinski definition) is 2. The summed E-state index contributed by atoms with van der Waals surface area (Å²) in [5, 5.41) is 6.36. The van der Waals surface area contributed by atoms with Gasteiger partial charge in [-0.25, -0.2) is 12.7 Å². The number of hydrogen-bond acceptors (Lipinski definition) is 3. The zero-order valence-corrected chi connectivity index (χ0v) is 14.3. The molecule has 7 heteroatoms. The van der Waals surface area contributed by atoms with Gasteiger partial charge < -0.3 is 10.6 Å². The molecule has 1 atom stereocenters. The van der Waals surface area contributed by atoms with Crippen LogP contribution in [-0.2, 0) is 10.0 Å². The Morgan fingerprint density at radius 1 is 1.20 bits per heavy atom. The van der Waals surface area contributed by atoms with Gasteiger partial charge in [0, 0.05) is 25.7 Å². The number of aliphatic imine (C=N–C) groups is 1. The van der Waals surface area contributed by atoms with Gasteiger partial charge in [0.05, 0.1) is 12.3 Å². The SMILES string of the molecule is CCNC(=NCCS(=O)(=O)N(CC)CC)NC(C)CC. The number of guanidine groups is 1. The molecule has 0 radical (unpaired) electrons. The average Bonchev–Trinajstić information content (AvgIpc) is 2.39. The van der Waals surface area contributed by atoms with Gasteiger partial charge >= 0.3 is 0 Å². The summed E-state index contributed by atoms with van der Waals surface area (Å²) >= 11 is 0. The summed E-state index contributed by atoms with van der Waals surface area (Å²) in [4.78, 5) is 4.33. The average molecular weight is 306 g/mol. The molecule has 0 heterocycles. The highest BCUT2D eigenvalue weighted by Gasteiger charge is 2.17. The van der Waals surface area contributed by atoms with Gasteiger partial charge in [-0.1, -0.05) is 20.8 Å². The highest BCUT2D eigenvalue weighted by molar-refractivity contribution is 7.89. The lowest BCUT2D eigenvalue weighted by molar-refractivity contribution is 0.445. The lowest BCUT2D eigenvalue weighted by Crippen LogP contribution is -2.42. The summed E-state index contributed by atoms with van der Waals surface area (Å²) in [5.41, 5.74) is 0. The van der Waals surface area contributed by atoms with Crippen molar-refractivity contribution >= 4 is 16.0 Å². The number of sulfonamides is 1. The van der Waals surface area contributed by atoms with Crippen LogP contribution >= 0.6 is 0 Å². The van der Waals surface area contributed by atoms with Crippen LogP contribution in [0.2, 0.25) is 0 Å². The minimum absolute atomic E-state index is 0.0474. The van der Waals surface area contributed by atoms with E-state index in [9.17, 15) is 8.42 Å². The van der Waals surface area contributed by atoms with Crippen LogP contribution in [0.4, 0.5) is 0 Å². The van der Waals surface area contributed by atoms with Crippen molar-refractivity contribution in [2.24, 2.45) is 4.99 Å². The molecule has 0 spiro atoms. The summed E-state index contributed by atoms with van der Waals surface area (Å²) in [6, 6.07) is 0.312. The lowest BCUT2D eigenvalue weighted by atomic mass is 10.3. The summed E-state index contributed by atoms with van der Waals surface area (Å²) in [5.74, 6) is 0.725. The molecule has 1 unspecified atom stereocenters. The maximum Gasteiger partial charge on any atom is 0.215 e. The molecule has 0 aliphatic rings. The molecular weight excluding hydrogens is 276 g/mol. The first-order valence-corrected chi connectivity index (χ1v) is 9.04. The third-order valence-corrected chi connectivity index (χ3v) is 5.06. The van der Waals surface area contributed by atoms with E-state index in [0.717, 1.165) is 13.0 Å². The minimum Gasteiger partial charge on any atom is -0.357 e. The second-order valence-corrected chi connectivity index (χ2v) is 6.70. The molecule has 0 fully saturated rings. The van der Waals surface area contributed by atoms with Crippen LogP contribution in [0.3, 0.4) is 0 Å². The molecule has 0 saturated heterocycles. The van der Waals surface area contributed by atoms with Crippen LogP contribution in [0, 0.1) is 0 Å². The van der Waals surface area contributed by atoms with Gasteiger partial charge in [0.2, 0.25) is 10.0 Å². The molecule has 0 aromatic rings. The van der Waals surface area contributed by atoms with Crippen molar-refractivity contribution in [2.45, 2.75) is 47.1 Å². The Morgan fingerprint density at radius 3 is 2.25 bits per heavy atom. The summed E-state index contributed by atoms with van der Waals surface area (Å²) < 4.78 is 25.5. The summed E-state index contributed by atoms with van der Waals surface area (Å²) in [6.07, 6.45) is 0.988. The van der Waals surface area contributed by atoms with E-state index in [1.54, 1.807) is 0 Å². The van der Waals surface area contributed by atoms with E-state index in [1.165, 1.54) is 4.31 Å². The molecule has 6 nitrogen and oxygen atoms in total. The van der Waals surface area contributed by atoms with E-state index in [1.807, 2.05) is 20.8 Å². The monoisotopic (exact) mass is 306 g/mol. The third kappa shape index (κ3) is 7.09. The predicted molar refractivity (Wildman–Crippen MR) is 85.6 cm³/mol. The third-order valence-electron chi connectivity index (χ3n) is 3.06. The Bertz CT molecular complexity index is 378. The Morgan fingerprint density at radius 2 is 1.80 bits per heavy atom. The fraction of sp³-hybridized carbons (Fsp3) is 0.923. The van der Waals surface area contributed by atoms with E-state index >= 15 is 0 Å². The highest BCUT2D eigenvalue weighted by atomic mass is 32.2. The Labute approximate surface area is 124 Å². The summed E-state index contributed by atoms with van der Waals surface area (Å²) in [6.45, 7) is 11.9. The molecular formula is C13H30N4O2S. The van der Waals surface area contributed by atoms with Crippen molar-refractivity contribution < 1.29 is 8.42 Å². The molecule has 0 amide bonds. The number of nitrogens with zero attached hydrogens (tertiary/aromatic N) is 2. The van der Waals surface area contributed by atoms with Gasteiger partial charge in [-0.05, 0) is 20.3 Å². The topological polar surface area (TPSA) is 73.8 Å². The Hall–Kier alpha value is -0.820. The zero-order chi connectivity index (χ0) is 15.6. The van der Waals surface area contributed by atoms with Crippen molar-refractivity contribution in [3.8, 4) is 0 Å². The minimum atomic E-state index is -3.20. The molecule has 0 bridgehead atoms. The molecule has 20 heavy (non-hydrogen) atoms. The number of nitrogens with one attached hydrogen (secondary N) is 2. The van der Waals surface area contributed by atoms with Crippen molar-refractivity contribution in [3.05, 3.63) is 0 Å². The maximum absolute atomic E-state index is 12.0. The normalized spacial score (nSPS) is 14.4. The predicted octanol–water partition coefficient (Wildman–Crippen LogP) is 1.01. The van der Waals surface area contributed by atoms with Gasteiger partial charge in [-0.2, -0.15) is 0 Å². The second-order valence-electron chi connectivity index (χ2n) is 4.61. The van der Waals surface area contributed by atoms with Gasteiger partial charge in [0.15, 0.2) is 5.96 Å². The second kappa shape index (κ2) is 9.99. The van der Waals surface area contributed by atoms with Crippen LogP contribution in [0.1, 0.15) is 41.0 Å². The van der Waals surface area contributed by atoms with Crippen molar-refractivity contribution in [1.82, 2.24) is 14.9 Å². The molecule has 0 aliphatic heterocycles. The Kier molecular flexibility index (Phi) is 9.58. The van der Waals surface area contributed by atoms with E-state index < -0.39 is 10.0 Å². The first-order valence-electron chi connectivity index (χ1n) is 7.43. The molecule has 120 valence electrons. The van der Waals surface area contributed by atoms with Gasteiger partial charge in [-0.3, -0.25) is 4.99 Å². The first kappa shape index (κ1) is 19.2. The Balaban J connectivity index is 4.56. The van der Waals surface area contributed by atoms with E-state index in [-0.39, 0.29) is 12.3 Å². The van der Waals surface area contributed by atoms with Crippen molar-refractivity contribution in [1.29, 1.82) is 0 Å². The van der Waals surface area contributed by atoms with Crippen LogP contribution < -0.4 is 10.6 Å². The molecule has 0 aromatic heterocycles. The largest absolute Gasteiger partial charge is 0.357 e. The zero-order valence-electron chi connectivity index (χ0n) is 13.4. The van der Waals surface area contributed by atoms with Gasteiger partial charge in [0.25, 0.3) is 0 Å². The fourth-order valence-corrected chi connectivity index (χ4v) is 3.04. The standard InChI is InChI=1S/C13H30N4O2S/c1-6-12(5)16-13(14-7-2)15-10-11-20(18,19)17(8-3)9-4/h12H,6-11H2,1-5H3,(H2,14,15,16). The van der Waals surface area contributed by atoms with E-state index in [0.29, 0.717) is 25.1 Å². The fourth-order valence-electron chi connectivity index (χ4n) is 1.67. The molecule has 0 aliphatic carbocycles. The quantitative estimate of drug-likeness (QED) is 0.492. The lowest BCUT2D eigenvalue weighted by Gasteiger charge is -2.18.